The zero-order valence-electron chi connectivity index (χ0n) is 9.81. The molecule has 0 radical (unpaired) electrons. The normalized spacial score (nSPS) is 11.9. The summed E-state index contributed by atoms with van der Waals surface area (Å²) in [7, 11) is 0. The Morgan fingerprint density at radius 2 is 2.00 bits per heavy atom. The maximum atomic E-state index is 10.9. The van der Waals surface area contributed by atoms with Gasteiger partial charge >= 0.3 is 5.97 Å². The largest absolute Gasteiger partial charge is 0.490 e. The van der Waals surface area contributed by atoms with Gasteiger partial charge in [-0.25, -0.2) is 0 Å². The van der Waals surface area contributed by atoms with E-state index < -0.39 is 0 Å². The highest BCUT2D eigenvalue weighted by Gasteiger charge is 2.11. The lowest BCUT2D eigenvalue weighted by Crippen LogP contribution is -2.23. The summed E-state index contributed by atoms with van der Waals surface area (Å²) >= 11 is 0. The lowest BCUT2D eigenvalue weighted by molar-refractivity contribution is -0.148. The zero-order chi connectivity index (χ0) is 11.8. The fraction of sp³-hybridized carbons (Fsp3) is 0.462. The molecule has 3 nitrogen and oxygen atoms in total. The number of hydrogen-bond donors (Lipinski definition) is 0. The second kappa shape index (κ2) is 6.88. The molecule has 1 aromatic carbocycles. The quantitative estimate of drug-likeness (QED) is 0.694. The van der Waals surface area contributed by atoms with Crippen LogP contribution in [0.3, 0.4) is 0 Å². The Morgan fingerprint density at radius 1 is 1.31 bits per heavy atom. The molecule has 0 saturated heterocycles. The number of hydrogen-bond acceptors (Lipinski definition) is 3. The molecule has 0 unspecified atom stereocenters. The van der Waals surface area contributed by atoms with Gasteiger partial charge in [-0.3, -0.25) is 4.79 Å². The molecule has 0 spiro atoms. The Balaban J connectivity index is 2.40. The van der Waals surface area contributed by atoms with E-state index in [0.29, 0.717) is 6.61 Å². The van der Waals surface area contributed by atoms with E-state index in [1.54, 1.807) is 0 Å². The molecule has 0 N–H and O–H groups in total. The van der Waals surface area contributed by atoms with Crippen molar-refractivity contribution in [3.8, 4) is 5.75 Å². The van der Waals surface area contributed by atoms with Gasteiger partial charge in [0.1, 0.15) is 18.5 Å². The molecule has 0 aromatic heterocycles. The first kappa shape index (κ1) is 12.6. The molecule has 0 aliphatic heterocycles. The second-order valence-corrected chi connectivity index (χ2v) is 3.64. The first-order valence-corrected chi connectivity index (χ1v) is 5.57. The van der Waals surface area contributed by atoms with Crippen LogP contribution in [0.1, 0.15) is 26.7 Å². The van der Waals surface area contributed by atoms with Gasteiger partial charge < -0.3 is 9.47 Å². The summed E-state index contributed by atoms with van der Waals surface area (Å²) < 4.78 is 10.7. The van der Waals surface area contributed by atoms with E-state index >= 15 is 0 Å². The molecular formula is C13H18O3. The van der Waals surface area contributed by atoms with Gasteiger partial charge in [0.2, 0.25) is 0 Å². The van der Waals surface area contributed by atoms with Crippen LogP contribution in [-0.4, -0.2) is 18.7 Å². The summed E-state index contributed by atoms with van der Waals surface area (Å²) in [6.45, 7) is 3.89. The van der Waals surface area contributed by atoms with E-state index in [9.17, 15) is 4.79 Å². The first-order valence-electron chi connectivity index (χ1n) is 5.57. The smallest absolute Gasteiger partial charge is 0.303 e. The molecule has 1 rings (SSSR count). The Hall–Kier alpha value is -1.51. The number of benzene rings is 1. The number of carbonyl (C=O) groups is 1. The average molecular weight is 222 g/mol. The highest BCUT2D eigenvalue weighted by atomic mass is 16.6. The molecule has 0 fully saturated rings. The van der Waals surface area contributed by atoms with Crippen LogP contribution < -0.4 is 4.74 Å². The van der Waals surface area contributed by atoms with Crippen LogP contribution in [0, 0.1) is 0 Å². The molecule has 1 aromatic rings. The van der Waals surface area contributed by atoms with E-state index in [-0.39, 0.29) is 12.1 Å². The summed E-state index contributed by atoms with van der Waals surface area (Å²) in [5.74, 6) is 0.547. The average Bonchev–Trinajstić information content (AvgIpc) is 2.27. The molecule has 16 heavy (non-hydrogen) atoms. The SMILES string of the molecule is CCC[C@H](COc1ccccc1)OC(C)=O. The second-order valence-electron chi connectivity index (χ2n) is 3.64. The number of esters is 1. The van der Waals surface area contributed by atoms with Crippen LogP contribution >= 0.6 is 0 Å². The summed E-state index contributed by atoms with van der Waals surface area (Å²) in [4.78, 5) is 10.9. The molecule has 0 aliphatic carbocycles. The van der Waals surface area contributed by atoms with Crippen molar-refractivity contribution in [2.45, 2.75) is 32.8 Å². The van der Waals surface area contributed by atoms with Crippen LogP contribution in [0.2, 0.25) is 0 Å². The van der Waals surface area contributed by atoms with Crippen LogP contribution in [-0.2, 0) is 9.53 Å². The molecule has 0 saturated carbocycles. The topological polar surface area (TPSA) is 35.5 Å². The fourth-order valence-electron chi connectivity index (χ4n) is 1.44. The van der Waals surface area contributed by atoms with Gasteiger partial charge in [-0.1, -0.05) is 31.5 Å². The molecule has 0 heterocycles. The van der Waals surface area contributed by atoms with E-state index in [1.165, 1.54) is 6.92 Å². The van der Waals surface area contributed by atoms with Gasteiger partial charge in [0.25, 0.3) is 0 Å². The third kappa shape index (κ3) is 4.82. The number of para-hydroxylation sites is 1. The molecule has 1 atom stereocenters. The molecular weight excluding hydrogens is 204 g/mol. The fourth-order valence-corrected chi connectivity index (χ4v) is 1.44. The summed E-state index contributed by atoms with van der Waals surface area (Å²) in [5, 5.41) is 0. The number of rotatable bonds is 6. The van der Waals surface area contributed by atoms with Crippen LogP contribution in [0.4, 0.5) is 0 Å². The van der Waals surface area contributed by atoms with E-state index in [1.807, 2.05) is 30.3 Å². The standard InChI is InChI=1S/C13H18O3/c1-3-7-13(16-11(2)14)10-15-12-8-5-4-6-9-12/h4-6,8-9,13H,3,7,10H2,1-2H3/t13-/m1/s1. The van der Waals surface area contributed by atoms with E-state index in [4.69, 9.17) is 9.47 Å². The van der Waals surface area contributed by atoms with Gasteiger partial charge in [-0.2, -0.15) is 0 Å². The molecule has 0 aliphatic rings. The Bertz CT molecular complexity index is 308. The third-order valence-electron chi connectivity index (χ3n) is 2.12. The Morgan fingerprint density at radius 3 is 2.56 bits per heavy atom. The lowest BCUT2D eigenvalue weighted by atomic mass is 10.2. The van der Waals surface area contributed by atoms with E-state index in [0.717, 1.165) is 18.6 Å². The molecule has 88 valence electrons. The van der Waals surface area contributed by atoms with Crippen molar-refractivity contribution >= 4 is 5.97 Å². The van der Waals surface area contributed by atoms with Gasteiger partial charge in [0.15, 0.2) is 0 Å². The van der Waals surface area contributed by atoms with E-state index in [2.05, 4.69) is 6.92 Å². The van der Waals surface area contributed by atoms with Crippen molar-refractivity contribution in [2.75, 3.05) is 6.61 Å². The number of ether oxygens (including phenoxy) is 2. The summed E-state index contributed by atoms with van der Waals surface area (Å²) in [5.41, 5.74) is 0. The van der Waals surface area contributed by atoms with Crippen LogP contribution in [0.5, 0.6) is 5.75 Å². The first-order chi connectivity index (χ1) is 7.72. The van der Waals surface area contributed by atoms with Crippen molar-refractivity contribution in [1.29, 1.82) is 0 Å². The predicted octanol–water partition coefficient (Wildman–Crippen LogP) is 2.80. The monoisotopic (exact) mass is 222 g/mol. The predicted molar refractivity (Wildman–Crippen MR) is 62.4 cm³/mol. The third-order valence-corrected chi connectivity index (χ3v) is 2.12. The van der Waals surface area contributed by atoms with Crippen LogP contribution in [0.15, 0.2) is 30.3 Å². The Labute approximate surface area is 96.4 Å². The minimum Gasteiger partial charge on any atom is -0.490 e. The van der Waals surface area contributed by atoms with Crippen molar-refractivity contribution < 1.29 is 14.3 Å². The maximum absolute atomic E-state index is 10.9. The highest BCUT2D eigenvalue weighted by Crippen LogP contribution is 2.11. The minimum atomic E-state index is -0.255. The van der Waals surface area contributed by atoms with Crippen molar-refractivity contribution in [3.63, 3.8) is 0 Å². The number of carbonyl (C=O) groups excluding carboxylic acids is 1. The van der Waals surface area contributed by atoms with Gasteiger partial charge in [-0.05, 0) is 18.6 Å². The molecule has 3 heteroatoms. The van der Waals surface area contributed by atoms with Gasteiger partial charge in [0, 0.05) is 6.92 Å². The van der Waals surface area contributed by atoms with Crippen molar-refractivity contribution in [2.24, 2.45) is 0 Å². The summed E-state index contributed by atoms with van der Waals surface area (Å²) in [6, 6.07) is 9.53. The lowest BCUT2D eigenvalue weighted by Gasteiger charge is -2.16. The zero-order valence-corrected chi connectivity index (χ0v) is 9.81. The molecule has 0 bridgehead atoms. The van der Waals surface area contributed by atoms with Gasteiger partial charge in [-0.15, -0.1) is 0 Å². The Kier molecular flexibility index (Phi) is 5.40. The highest BCUT2D eigenvalue weighted by molar-refractivity contribution is 5.66. The molecule has 0 amide bonds. The minimum absolute atomic E-state index is 0.150. The summed E-state index contributed by atoms with van der Waals surface area (Å²) in [6.07, 6.45) is 1.64. The van der Waals surface area contributed by atoms with Crippen molar-refractivity contribution in [3.05, 3.63) is 30.3 Å². The van der Waals surface area contributed by atoms with Crippen LogP contribution in [0.25, 0.3) is 0 Å². The van der Waals surface area contributed by atoms with Crippen molar-refractivity contribution in [1.82, 2.24) is 0 Å². The van der Waals surface area contributed by atoms with Gasteiger partial charge in [0.05, 0.1) is 0 Å². The maximum Gasteiger partial charge on any atom is 0.303 e.